The molecule has 0 radical (unpaired) electrons. The quantitative estimate of drug-likeness (QED) is 0.771. The SMILES string of the molecule is O=C(Cc1ccccn1)c1cc(Br)c(Br)s1. The number of hydrogen-bond donors (Lipinski definition) is 0. The van der Waals surface area contributed by atoms with Gasteiger partial charge in [0.1, 0.15) is 0 Å². The molecule has 0 amide bonds. The highest BCUT2D eigenvalue weighted by molar-refractivity contribution is 9.13. The summed E-state index contributed by atoms with van der Waals surface area (Å²) in [7, 11) is 0. The summed E-state index contributed by atoms with van der Waals surface area (Å²) in [6.07, 6.45) is 2.04. The van der Waals surface area contributed by atoms with Crippen molar-refractivity contribution >= 4 is 49.0 Å². The lowest BCUT2D eigenvalue weighted by Gasteiger charge is -1.96. The third-order valence-electron chi connectivity index (χ3n) is 1.99. The van der Waals surface area contributed by atoms with Crippen molar-refractivity contribution in [2.24, 2.45) is 0 Å². The fourth-order valence-electron chi connectivity index (χ4n) is 1.24. The van der Waals surface area contributed by atoms with Crippen molar-refractivity contribution in [2.45, 2.75) is 6.42 Å². The molecule has 2 aromatic rings. The predicted molar refractivity (Wildman–Crippen MR) is 72.0 cm³/mol. The van der Waals surface area contributed by atoms with E-state index in [-0.39, 0.29) is 5.78 Å². The number of aromatic nitrogens is 1. The van der Waals surface area contributed by atoms with E-state index < -0.39 is 0 Å². The van der Waals surface area contributed by atoms with Crippen LogP contribution < -0.4 is 0 Å². The van der Waals surface area contributed by atoms with E-state index in [1.807, 2.05) is 24.3 Å². The van der Waals surface area contributed by atoms with Crippen molar-refractivity contribution < 1.29 is 4.79 Å². The molecule has 2 aromatic heterocycles. The standard InChI is InChI=1S/C11H7Br2NOS/c12-8-6-10(16-11(8)13)9(15)5-7-3-1-2-4-14-7/h1-4,6H,5H2. The molecule has 0 spiro atoms. The number of nitrogens with zero attached hydrogens (tertiary/aromatic N) is 1. The number of hydrogen-bond acceptors (Lipinski definition) is 3. The maximum absolute atomic E-state index is 11.9. The molecular weight excluding hydrogens is 354 g/mol. The molecule has 2 rings (SSSR count). The van der Waals surface area contributed by atoms with Crippen LogP contribution in [0.15, 0.2) is 38.7 Å². The zero-order valence-corrected chi connectivity index (χ0v) is 12.1. The second-order valence-corrected chi connectivity index (χ2v) is 6.38. The van der Waals surface area contributed by atoms with Crippen molar-refractivity contribution in [1.29, 1.82) is 0 Å². The van der Waals surface area contributed by atoms with E-state index in [1.165, 1.54) is 11.3 Å². The van der Waals surface area contributed by atoms with Gasteiger partial charge in [0.2, 0.25) is 0 Å². The summed E-state index contributed by atoms with van der Waals surface area (Å²) in [6, 6.07) is 7.41. The molecule has 0 aliphatic heterocycles. The van der Waals surface area contributed by atoms with Crippen molar-refractivity contribution in [2.75, 3.05) is 0 Å². The molecular formula is C11H7Br2NOS. The number of halogens is 2. The Morgan fingerprint density at radius 2 is 2.19 bits per heavy atom. The highest BCUT2D eigenvalue weighted by Crippen LogP contribution is 2.32. The van der Waals surface area contributed by atoms with Gasteiger partial charge in [0, 0.05) is 16.4 Å². The Morgan fingerprint density at radius 1 is 1.38 bits per heavy atom. The van der Waals surface area contributed by atoms with E-state index in [1.54, 1.807) is 6.20 Å². The van der Waals surface area contributed by atoms with Gasteiger partial charge in [-0.3, -0.25) is 9.78 Å². The van der Waals surface area contributed by atoms with Crippen LogP contribution in [0.3, 0.4) is 0 Å². The number of Topliss-reactive ketones (excluding diaryl/α,β-unsaturated/α-hetero) is 1. The Balaban J connectivity index is 2.15. The largest absolute Gasteiger partial charge is 0.293 e. The predicted octanol–water partition coefficient (Wildman–Crippen LogP) is 4.09. The average Bonchev–Trinajstić information content (AvgIpc) is 2.61. The molecule has 0 fully saturated rings. The Kier molecular flexibility index (Phi) is 3.89. The molecule has 16 heavy (non-hydrogen) atoms. The van der Waals surface area contributed by atoms with Gasteiger partial charge in [0.05, 0.1) is 15.1 Å². The van der Waals surface area contributed by atoms with Gasteiger partial charge in [-0.1, -0.05) is 6.07 Å². The molecule has 0 aliphatic rings. The van der Waals surface area contributed by atoms with E-state index in [0.29, 0.717) is 6.42 Å². The van der Waals surface area contributed by atoms with Crippen LogP contribution in [0.4, 0.5) is 0 Å². The second kappa shape index (κ2) is 5.21. The van der Waals surface area contributed by atoms with Gasteiger partial charge in [0.15, 0.2) is 5.78 Å². The molecule has 0 saturated heterocycles. The Hall–Kier alpha value is -0.520. The molecule has 2 nitrogen and oxygen atoms in total. The Bertz CT molecular complexity index is 490. The maximum Gasteiger partial charge on any atom is 0.178 e. The second-order valence-electron chi connectivity index (χ2n) is 3.15. The van der Waals surface area contributed by atoms with Crippen molar-refractivity contribution in [3.8, 4) is 0 Å². The van der Waals surface area contributed by atoms with Crippen molar-refractivity contribution in [3.05, 3.63) is 49.3 Å². The monoisotopic (exact) mass is 359 g/mol. The van der Waals surface area contributed by atoms with E-state index >= 15 is 0 Å². The first kappa shape index (κ1) is 12.0. The van der Waals surface area contributed by atoms with Crippen LogP contribution in [-0.4, -0.2) is 10.8 Å². The van der Waals surface area contributed by atoms with Crippen LogP contribution in [0, 0.1) is 0 Å². The average molecular weight is 361 g/mol. The molecule has 0 aromatic carbocycles. The zero-order valence-electron chi connectivity index (χ0n) is 8.11. The lowest BCUT2D eigenvalue weighted by atomic mass is 10.2. The zero-order chi connectivity index (χ0) is 11.5. The third-order valence-corrected chi connectivity index (χ3v) is 5.29. The molecule has 0 atom stereocenters. The van der Waals surface area contributed by atoms with Gasteiger partial charge in [-0.25, -0.2) is 0 Å². The first-order chi connectivity index (χ1) is 7.66. The van der Waals surface area contributed by atoms with Crippen LogP contribution in [0.1, 0.15) is 15.4 Å². The maximum atomic E-state index is 11.9. The van der Waals surface area contributed by atoms with E-state index in [4.69, 9.17) is 0 Å². The van der Waals surface area contributed by atoms with Crippen LogP contribution in [0.2, 0.25) is 0 Å². The molecule has 0 N–H and O–H groups in total. The van der Waals surface area contributed by atoms with Crippen LogP contribution in [0.25, 0.3) is 0 Å². The topological polar surface area (TPSA) is 30.0 Å². The number of pyridine rings is 1. The highest BCUT2D eigenvalue weighted by Gasteiger charge is 2.12. The number of rotatable bonds is 3. The highest BCUT2D eigenvalue weighted by atomic mass is 79.9. The van der Waals surface area contributed by atoms with Crippen LogP contribution >= 0.6 is 43.2 Å². The molecule has 0 saturated carbocycles. The van der Waals surface area contributed by atoms with E-state index in [9.17, 15) is 4.79 Å². The summed E-state index contributed by atoms with van der Waals surface area (Å²) in [4.78, 5) is 16.8. The van der Waals surface area contributed by atoms with E-state index in [2.05, 4.69) is 36.8 Å². The molecule has 0 aliphatic carbocycles. The fraction of sp³-hybridized carbons (Fsp3) is 0.0909. The lowest BCUT2D eigenvalue weighted by molar-refractivity contribution is 0.0996. The minimum Gasteiger partial charge on any atom is -0.293 e. The summed E-state index contributed by atoms with van der Waals surface area (Å²) in [6.45, 7) is 0. The summed E-state index contributed by atoms with van der Waals surface area (Å²) in [5, 5.41) is 0. The summed E-state index contributed by atoms with van der Waals surface area (Å²) in [5.74, 6) is 0.0927. The summed E-state index contributed by atoms with van der Waals surface area (Å²) in [5.41, 5.74) is 0.799. The normalized spacial score (nSPS) is 10.4. The van der Waals surface area contributed by atoms with Gasteiger partial charge < -0.3 is 0 Å². The summed E-state index contributed by atoms with van der Waals surface area (Å²) >= 11 is 8.17. The van der Waals surface area contributed by atoms with Gasteiger partial charge >= 0.3 is 0 Å². The van der Waals surface area contributed by atoms with Gasteiger partial charge in [-0.05, 0) is 50.1 Å². The van der Waals surface area contributed by atoms with Gasteiger partial charge in [-0.2, -0.15) is 0 Å². The van der Waals surface area contributed by atoms with E-state index in [0.717, 1.165) is 18.8 Å². The number of thiophene rings is 1. The fourth-order valence-corrected chi connectivity index (χ4v) is 3.21. The Labute approximate surface area is 114 Å². The lowest BCUT2D eigenvalue weighted by Crippen LogP contribution is -2.02. The minimum atomic E-state index is 0.0927. The van der Waals surface area contributed by atoms with Crippen molar-refractivity contribution in [3.63, 3.8) is 0 Å². The van der Waals surface area contributed by atoms with Crippen LogP contribution in [-0.2, 0) is 6.42 Å². The number of carbonyl (C=O) groups is 1. The number of carbonyl (C=O) groups excluding carboxylic acids is 1. The molecule has 2 heterocycles. The van der Waals surface area contributed by atoms with Crippen LogP contribution in [0.5, 0.6) is 0 Å². The molecule has 0 unspecified atom stereocenters. The third kappa shape index (κ3) is 2.78. The van der Waals surface area contributed by atoms with Crippen molar-refractivity contribution in [1.82, 2.24) is 4.98 Å². The van der Waals surface area contributed by atoms with Gasteiger partial charge in [0.25, 0.3) is 0 Å². The van der Waals surface area contributed by atoms with Gasteiger partial charge in [-0.15, -0.1) is 11.3 Å². The summed E-state index contributed by atoms with van der Waals surface area (Å²) < 4.78 is 1.86. The minimum absolute atomic E-state index is 0.0927. The first-order valence-corrected chi connectivity index (χ1v) is 6.95. The molecule has 5 heteroatoms. The smallest absolute Gasteiger partial charge is 0.178 e. The number of ketones is 1. The first-order valence-electron chi connectivity index (χ1n) is 4.55. The molecule has 82 valence electrons. The Morgan fingerprint density at radius 3 is 2.75 bits per heavy atom. The molecule has 0 bridgehead atoms.